The second-order valence-electron chi connectivity index (χ2n) is 5.60. The minimum Gasteiger partial charge on any atom is -0.481 e. The molecule has 2 aromatic heterocycles. The number of methoxy groups -OCH3 is 1. The highest BCUT2D eigenvalue weighted by Gasteiger charge is 2.18. The highest BCUT2D eigenvalue weighted by Crippen LogP contribution is 2.18. The number of nitro groups is 1. The third-order valence-electron chi connectivity index (χ3n) is 3.85. The lowest BCUT2D eigenvalue weighted by Gasteiger charge is -2.06. The molecule has 10 nitrogen and oxygen atoms in total. The van der Waals surface area contributed by atoms with Gasteiger partial charge in [0.05, 0.1) is 23.4 Å². The second-order valence-corrected chi connectivity index (χ2v) is 5.60. The van der Waals surface area contributed by atoms with Gasteiger partial charge in [-0.1, -0.05) is 17.3 Å². The summed E-state index contributed by atoms with van der Waals surface area (Å²) in [4.78, 5) is 26.9. The van der Waals surface area contributed by atoms with E-state index in [1.165, 1.54) is 23.9 Å². The number of aromatic nitrogens is 4. The Morgan fingerprint density at radius 1 is 1.33 bits per heavy atom. The fourth-order valence-electron chi connectivity index (χ4n) is 2.42. The van der Waals surface area contributed by atoms with Gasteiger partial charge in [0.2, 0.25) is 5.88 Å². The molecule has 0 aliphatic rings. The van der Waals surface area contributed by atoms with Crippen LogP contribution in [0.3, 0.4) is 0 Å². The van der Waals surface area contributed by atoms with Crippen LogP contribution in [0.25, 0.3) is 5.69 Å². The number of pyridine rings is 1. The summed E-state index contributed by atoms with van der Waals surface area (Å²) in [5.41, 5.74) is 1.80. The quantitative estimate of drug-likeness (QED) is 0.519. The maximum absolute atomic E-state index is 12.4. The summed E-state index contributed by atoms with van der Waals surface area (Å²) in [5, 5.41) is 21.5. The van der Waals surface area contributed by atoms with Crippen LogP contribution in [0.4, 0.5) is 5.69 Å². The molecule has 27 heavy (non-hydrogen) atoms. The van der Waals surface area contributed by atoms with Crippen molar-refractivity contribution in [2.24, 2.45) is 0 Å². The van der Waals surface area contributed by atoms with Crippen LogP contribution >= 0.6 is 0 Å². The van der Waals surface area contributed by atoms with Gasteiger partial charge in [-0.2, -0.15) is 0 Å². The molecule has 0 saturated heterocycles. The number of carbonyl (C=O) groups is 1. The van der Waals surface area contributed by atoms with Crippen LogP contribution in [0.1, 0.15) is 21.7 Å². The highest BCUT2D eigenvalue weighted by molar-refractivity contribution is 5.93. The predicted octanol–water partition coefficient (Wildman–Crippen LogP) is 1.82. The van der Waals surface area contributed by atoms with E-state index in [1.54, 1.807) is 37.4 Å². The zero-order chi connectivity index (χ0) is 19.4. The Bertz CT molecular complexity index is 983. The number of carbonyl (C=O) groups excluding carboxylic acids is 1. The number of nitro benzene ring substituents is 1. The lowest BCUT2D eigenvalue weighted by atomic mass is 10.2. The summed E-state index contributed by atoms with van der Waals surface area (Å²) in [6, 6.07) is 9.44. The van der Waals surface area contributed by atoms with Gasteiger partial charge < -0.3 is 10.1 Å². The number of hydrogen-bond donors (Lipinski definition) is 1. The molecule has 3 rings (SSSR count). The molecule has 0 radical (unpaired) electrons. The van der Waals surface area contributed by atoms with Gasteiger partial charge in [0.25, 0.3) is 11.6 Å². The first-order valence-corrected chi connectivity index (χ1v) is 7.94. The zero-order valence-electron chi connectivity index (χ0n) is 14.6. The van der Waals surface area contributed by atoms with E-state index >= 15 is 0 Å². The number of amides is 1. The highest BCUT2D eigenvalue weighted by atomic mass is 16.6. The molecular formula is C17H16N6O4. The van der Waals surface area contributed by atoms with E-state index in [-0.39, 0.29) is 17.9 Å². The van der Waals surface area contributed by atoms with E-state index in [1.807, 2.05) is 0 Å². The molecule has 0 fully saturated rings. The molecule has 3 aromatic rings. The van der Waals surface area contributed by atoms with E-state index in [9.17, 15) is 14.9 Å². The van der Waals surface area contributed by atoms with Gasteiger partial charge in [-0.25, -0.2) is 9.67 Å². The molecule has 0 bridgehead atoms. The van der Waals surface area contributed by atoms with Gasteiger partial charge in [-0.05, 0) is 18.6 Å². The number of benzene rings is 1. The van der Waals surface area contributed by atoms with E-state index in [2.05, 4.69) is 20.6 Å². The summed E-state index contributed by atoms with van der Waals surface area (Å²) >= 11 is 0. The van der Waals surface area contributed by atoms with Crippen molar-refractivity contribution in [2.45, 2.75) is 13.5 Å². The standard InChI is InChI=1S/C17H16N6O4/c1-11-16(17(24)19-10-12-6-7-15(27-2)18-9-12)20-21-22(11)13-4-3-5-14(8-13)23(25)26/h3-9H,10H2,1-2H3,(H,19,24). The number of hydrogen-bond acceptors (Lipinski definition) is 7. The molecule has 138 valence electrons. The predicted molar refractivity (Wildman–Crippen MR) is 94.7 cm³/mol. The lowest BCUT2D eigenvalue weighted by Crippen LogP contribution is -2.24. The van der Waals surface area contributed by atoms with Crippen LogP contribution in [-0.4, -0.2) is 37.9 Å². The van der Waals surface area contributed by atoms with Crippen molar-refractivity contribution in [3.05, 3.63) is 69.7 Å². The fraction of sp³-hybridized carbons (Fsp3) is 0.176. The maximum atomic E-state index is 12.4. The molecule has 0 aliphatic heterocycles. The molecule has 0 spiro atoms. The van der Waals surface area contributed by atoms with Crippen molar-refractivity contribution >= 4 is 11.6 Å². The largest absolute Gasteiger partial charge is 0.481 e. The van der Waals surface area contributed by atoms with Gasteiger partial charge in [-0.3, -0.25) is 14.9 Å². The van der Waals surface area contributed by atoms with Crippen molar-refractivity contribution in [3.8, 4) is 11.6 Å². The summed E-state index contributed by atoms with van der Waals surface area (Å²) in [6.07, 6.45) is 1.60. The van der Waals surface area contributed by atoms with Crippen LogP contribution in [0.15, 0.2) is 42.6 Å². The molecule has 0 atom stereocenters. The molecule has 1 aromatic carbocycles. The summed E-state index contributed by atoms with van der Waals surface area (Å²) < 4.78 is 6.37. The van der Waals surface area contributed by atoms with Gasteiger partial charge >= 0.3 is 0 Å². The smallest absolute Gasteiger partial charge is 0.274 e. The van der Waals surface area contributed by atoms with Crippen molar-refractivity contribution in [1.82, 2.24) is 25.3 Å². The number of rotatable bonds is 6. The first-order chi connectivity index (χ1) is 13.0. The first kappa shape index (κ1) is 18.0. The van der Waals surface area contributed by atoms with Gasteiger partial charge in [0.1, 0.15) is 0 Å². The third kappa shape index (κ3) is 3.89. The minimum absolute atomic E-state index is 0.0691. The Morgan fingerprint density at radius 3 is 2.81 bits per heavy atom. The van der Waals surface area contributed by atoms with Crippen molar-refractivity contribution in [3.63, 3.8) is 0 Å². The van der Waals surface area contributed by atoms with Gasteiger partial charge in [0.15, 0.2) is 5.69 Å². The monoisotopic (exact) mass is 368 g/mol. The van der Waals surface area contributed by atoms with Crippen LogP contribution in [0.5, 0.6) is 5.88 Å². The van der Waals surface area contributed by atoms with Crippen LogP contribution < -0.4 is 10.1 Å². The average molecular weight is 368 g/mol. The number of nitrogens with zero attached hydrogens (tertiary/aromatic N) is 5. The molecule has 1 amide bonds. The minimum atomic E-state index is -0.494. The number of ether oxygens (including phenoxy) is 1. The van der Waals surface area contributed by atoms with Crippen LogP contribution in [0.2, 0.25) is 0 Å². The SMILES string of the molecule is COc1ccc(CNC(=O)c2nnn(-c3cccc([N+](=O)[O-])c3)c2C)cn1. The lowest BCUT2D eigenvalue weighted by molar-refractivity contribution is -0.384. The topological polar surface area (TPSA) is 125 Å². The molecule has 0 aliphatic carbocycles. The van der Waals surface area contributed by atoms with E-state index in [0.29, 0.717) is 17.3 Å². The Balaban J connectivity index is 1.75. The van der Waals surface area contributed by atoms with E-state index in [0.717, 1.165) is 5.56 Å². The van der Waals surface area contributed by atoms with Crippen molar-refractivity contribution in [2.75, 3.05) is 7.11 Å². The Morgan fingerprint density at radius 2 is 2.15 bits per heavy atom. The molecule has 0 unspecified atom stereocenters. The van der Waals surface area contributed by atoms with Crippen LogP contribution in [-0.2, 0) is 6.54 Å². The molecule has 2 heterocycles. The summed E-state index contributed by atoms with van der Waals surface area (Å²) in [7, 11) is 1.53. The Labute approximate surface area is 153 Å². The molecule has 1 N–H and O–H groups in total. The van der Waals surface area contributed by atoms with Crippen LogP contribution in [0, 0.1) is 17.0 Å². The van der Waals surface area contributed by atoms with Gasteiger partial charge in [0, 0.05) is 30.9 Å². The average Bonchev–Trinajstić information content (AvgIpc) is 3.08. The number of non-ortho nitro benzene ring substituents is 1. The van der Waals surface area contributed by atoms with E-state index in [4.69, 9.17) is 4.74 Å². The molecular weight excluding hydrogens is 352 g/mol. The van der Waals surface area contributed by atoms with E-state index < -0.39 is 10.8 Å². The summed E-state index contributed by atoms with van der Waals surface area (Å²) in [6.45, 7) is 1.93. The van der Waals surface area contributed by atoms with Crippen molar-refractivity contribution < 1.29 is 14.5 Å². The third-order valence-corrected chi connectivity index (χ3v) is 3.85. The summed E-state index contributed by atoms with van der Waals surface area (Å²) in [5.74, 6) is 0.0841. The zero-order valence-corrected chi connectivity index (χ0v) is 14.6. The number of nitrogens with one attached hydrogen (secondary N) is 1. The molecule has 10 heteroatoms. The second kappa shape index (κ2) is 7.60. The Kier molecular flexibility index (Phi) is 5.06. The molecule has 0 saturated carbocycles. The van der Waals surface area contributed by atoms with Gasteiger partial charge in [-0.15, -0.1) is 5.10 Å². The fourth-order valence-corrected chi connectivity index (χ4v) is 2.42. The first-order valence-electron chi connectivity index (χ1n) is 7.94. The maximum Gasteiger partial charge on any atom is 0.274 e. The Hall–Kier alpha value is -3.82. The normalized spacial score (nSPS) is 10.4. The van der Waals surface area contributed by atoms with Crippen molar-refractivity contribution in [1.29, 1.82) is 0 Å².